The Balaban J connectivity index is 1.53. The van der Waals surface area contributed by atoms with Crippen LogP contribution >= 0.6 is 11.6 Å². The van der Waals surface area contributed by atoms with E-state index in [0.717, 1.165) is 17.8 Å². The van der Waals surface area contributed by atoms with Crippen molar-refractivity contribution in [1.29, 1.82) is 0 Å². The zero-order valence-electron chi connectivity index (χ0n) is 16.7. The third-order valence-electron chi connectivity index (χ3n) is 5.53. The van der Waals surface area contributed by atoms with Crippen molar-refractivity contribution in [3.8, 4) is 0 Å². The van der Waals surface area contributed by atoms with E-state index in [9.17, 15) is 18.0 Å². The van der Waals surface area contributed by atoms with Crippen molar-refractivity contribution in [2.24, 2.45) is 0 Å². The lowest BCUT2D eigenvalue weighted by atomic mass is 9.97. The predicted molar refractivity (Wildman–Crippen MR) is 109 cm³/mol. The standard InChI is InChI=1S/C20H23ClF3N5O2/c21-16-17(19(30)25-6-7-28-8-10-31-11-9-28)27-29-15(20(22,23)24)12-14(26-18(16)29)13-4-2-1-3-5-13/h1-5,14-15,26H,6-12H2,(H,25,30)/t14-,15-/m0/s1. The number of rotatable bonds is 5. The second-order valence-electron chi connectivity index (χ2n) is 7.57. The topological polar surface area (TPSA) is 71.4 Å². The van der Waals surface area contributed by atoms with Crippen LogP contribution in [0.1, 0.15) is 34.6 Å². The number of nitrogens with zero attached hydrogens (tertiary/aromatic N) is 3. The Morgan fingerprint density at radius 3 is 2.65 bits per heavy atom. The molecule has 0 bridgehead atoms. The molecule has 1 saturated heterocycles. The number of nitrogens with one attached hydrogen (secondary N) is 2. The minimum absolute atomic E-state index is 0.00224. The molecule has 2 aliphatic rings. The molecule has 0 aliphatic carbocycles. The van der Waals surface area contributed by atoms with Crippen molar-refractivity contribution in [3.63, 3.8) is 0 Å². The van der Waals surface area contributed by atoms with Crippen molar-refractivity contribution in [1.82, 2.24) is 20.0 Å². The molecule has 2 N–H and O–H groups in total. The summed E-state index contributed by atoms with van der Waals surface area (Å²) in [6.45, 7) is 3.77. The third kappa shape index (κ3) is 4.81. The summed E-state index contributed by atoms with van der Waals surface area (Å²) in [6, 6.07) is 6.34. The van der Waals surface area contributed by atoms with Gasteiger partial charge in [0.1, 0.15) is 10.8 Å². The van der Waals surface area contributed by atoms with Crippen molar-refractivity contribution in [3.05, 3.63) is 46.6 Å². The second-order valence-corrected chi connectivity index (χ2v) is 7.94. The van der Waals surface area contributed by atoms with Crippen LogP contribution in [-0.2, 0) is 4.74 Å². The normalized spacial score (nSPS) is 21.9. The molecule has 2 atom stereocenters. The van der Waals surface area contributed by atoms with E-state index in [1.807, 2.05) is 0 Å². The van der Waals surface area contributed by atoms with Gasteiger partial charge in [-0.05, 0) is 5.56 Å². The van der Waals surface area contributed by atoms with Gasteiger partial charge in [-0.25, -0.2) is 4.68 Å². The summed E-state index contributed by atoms with van der Waals surface area (Å²) in [6.07, 6.45) is -4.79. The monoisotopic (exact) mass is 457 g/mol. The smallest absolute Gasteiger partial charge is 0.379 e. The first kappa shape index (κ1) is 21.9. The highest BCUT2D eigenvalue weighted by atomic mass is 35.5. The number of hydrogen-bond donors (Lipinski definition) is 2. The highest BCUT2D eigenvalue weighted by molar-refractivity contribution is 6.36. The number of amides is 1. The Morgan fingerprint density at radius 2 is 1.97 bits per heavy atom. The number of fused-ring (bicyclic) bond motifs is 1. The van der Waals surface area contributed by atoms with Gasteiger partial charge in [0.2, 0.25) is 0 Å². The molecule has 1 aromatic carbocycles. The summed E-state index contributed by atoms with van der Waals surface area (Å²) in [4.78, 5) is 14.7. The quantitative estimate of drug-likeness (QED) is 0.721. The number of benzene rings is 1. The minimum Gasteiger partial charge on any atom is -0.379 e. The molecular formula is C20H23ClF3N5O2. The SMILES string of the molecule is O=C(NCCN1CCOCC1)c1nn2c(c1Cl)N[C@H](c1ccccc1)C[C@H]2C(F)(F)F. The Kier molecular flexibility index (Phi) is 6.40. The maximum atomic E-state index is 13.8. The molecule has 31 heavy (non-hydrogen) atoms. The van der Waals surface area contributed by atoms with Crippen molar-refractivity contribution in [2.45, 2.75) is 24.7 Å². The number of alkyl halides is 3. The van der Waals surface area contributed by atoms with Gasteiger partial charge in [0.15, 0.2) is 11.7 Å². The summed E-state index contributed by atoms with van der Waals surface area (Å²) in [5.74, 6) is -0.596. The summed E-state index contributed by atoms with van der Waals surface area (Å²) in [5, 5.41) is 9.57. The zero-order chi connectivity index (χ0) is 22.0. The van der Waals surface area contributed by atoms with Gasteiger partial charge < -0.3 is 15.4 Å². The van der Waals surface area contributed by atoms with Crippen LogP contribution in [-0.4, -0.2) is 66.2 Å². The first-order valence-corrected chi connectivity index (χ1v) is 10.5. The molecule has 0 radical (unpaired) electrons. The number of carbonyl (C=O) groups is 1. The van der Waals surface area contributed by atoms with E-state index in [0.29, 0.717) is 31.9 Å². The molecule has 0 spiro atoms. The molecule has 0 saturated carbocycles. The van der Waals surface area contributed by atoms with E-state index in [-0.39, 0.29) is 23.0 Å². The van der Waals surface area contributed by atoms with E-state index in [1.165, 1.54) is 0 Å². The average Bonchev–Trinajstić information content (AvgIpc) is 3.10. The number of morpholine rings is 1. The van der Waals surface area contributed by atoms with Gasteiger partial charge >= 0.3 is 6.18 Å². The van der Waals surface area contributed by atoms with Crippen LogP contribution in [0.4, 0.5) is 19.0 Å². The first-order valence-electron chi connectivity index (χ1n) is 10.1. The fourth-order valence-electron chi connectivity index (χ4n) is 3.87. The predicted octanol–water partition coefficient (Wildman–Crippen LogP) is 3.26. The average molecular weight is 458 g/mol. The van der Waals surface area contributed by atoms with Crippen LogP contribution < -0.4 is 10.6 Å². The van der Waals surface area contributed by atoms with E-state index in [2.05, 4.69) is 20.6 Å². The third-order valence-corrected chi connectivity index (χ3v) is 5.89. The molecule has 1 amide bonds. The largest absolute Gasteiger partial charge is 0.410 e. The highest BCUT2D eigenvalue weighted by Gasteiger charge is 2.47. The number of carbonyl (C=O) groups excluding carboxylic acids is 1. The van der Waals surface area contributed by atoms with Crippen molar-refractivity contribution in [2.75, 3.05) is 44.7 Å². The second kappa shape index (κ2) is 9.05. The number of anilines is 1. The van der Waals surface area contributed by atoms with Crippen molar-refractivity contribution < 1.29 is 22.7 Å². The van der Waals surface area contributed by atoms with Gasteiger partial charge in [-0.3, -0.25) is 9.69 Å². The number of hydrogen-bond acceptors (Lipinski definition) is 5. The number of aromatic nitrogens is 2. The minimum atomic E-state index is -4.54. The molecule has 1 aromatic heterocycles. The van der Waals surface area contributed by atoms with Gasteiger partial charge in [0.25, 0.3) is 5.91 Å². The van der Waals surface area contributed by atoms with Gasteiger partial charge in [-0.15, -0.1) is 0 Å². The molecule has 3 heterocycles. The molecule has 1 fully saturated rings. The van der Waals surface area contributed by atoms with Gasteiger partial charge in [0, 0.05) is 32.6 Å². The van der Waals surface area contributed by atoms with Gasteiger partial charge in [0.05, 0.1) is 19.3 Å². The lowest BCUT2D eigenvalue weighted by Crippen LogP contribution is -2.41. The molecule has 11 heteroatoms. The van der Waals surface area contributed by atoms with Gasteiger partial charge in [-0.2, -0.15) is 18.3 Å². The summed E-state index contributed by atoms with van der Waals surface area (Å²) >= 11 is 6.33. The Morgan fingerprint density at radius 1 is 1.26 bits per heavy atom. The molecule has 4 rings (SSSR count). The van der Waals surface area contributed by atoms with Crippen LogP contribution in [0.25, 0.3) is 0 Å². The first-order chi connectivity index (χ1) is 14.8. The maximum Gasteiger partial charge on any atom is 0.410 e. The van der Waals surface area contributed by atoms with E-state index >= 15 is 0 Å². The number of ether oxygens (including phenoxy) is 1. The summed E-state index contributed by atoms with van der Waals surface area (Å²) in [7, 11) is 0. The Hall–Kier alpha value is -2.30. The van der Waals surface area contributed by atoms with Crippen LogP contribution in [0, 0.1) is 0 Å². The zero-order valence-corrected chi connectivity index (χ0v) is 17.4. The fourth-order valence-corrected chi connectivity index (χ4v) is 4.14. The lowest BCUT2D eigenvalue weighted by molar-refractivity contribution is -0.173. The molecule has 7 nitrogen and oxygen atoms in total. The van der Waals surface area contributed by atoms with Crippen LogP contribution in [0.15, 0.2) is 30.3 Å². The van der Waals surface area contributed by atoms with Crippen LogP contribution in [0.2, 0.25) is 5.02 Å². The van der Waals surface area contributed by atoms with Crippen molar-refractivity contribution >= 4 is 23.3 Å². The summed E-state index contributed by atoms with van der Waals surface area (Å²) in [5.41, 5.74) is 0.492. The molecule has 168 valence electrons. The van der Waals surface area contributed by atoms with E-state index in [1.54, 1.807) is 30.3 Å². The van der Waals surface area contributed by atoms with E-state index in [4.69, 9.17) is 16.3 Å². The van der Waals surface area contributed by atoms with Gasteiger partial charge in [-0.1, -0.05) is 41.9 Å². The number of halogens is 4. The fraction of sp³-hybridized carbons (Fsp3) is 0.500. The summed E-state index contributed by atoms with van der Waals surface area (Å²) < 4.78 is 47.5. The van der Waals surface area contributed by atoms with Crippen LogP contribution in [0.3, 0.4) is 0 Å². The lowest BCUT2D eigenvalue weighted by Gasteiger charge is -2.33. The molecule has 2 aromatic rings. The highest BCUT2D eigenvalue weighted by Crippen LogP contribution is 2.46. The Labute approximate surface area is 182 Å². The van der Waals surface area contributed by atoms with Crippen LogP contribution in [0.5, 0.6) is 0 Å². The molecular weight excluding hydrogens is 435 g/mol. The molecule has 0 unspecified atom stereocenters. The maximum absolute atomic E-state index is 13.8. The van der Waals surface area contributed by atoms with E-state index < -0.39 is 24.2 Å². The molecule has 2 aliphatic heterocycles. The Bertz CT molecular complexity index is 916.